The molecule has 2 rings (SSSR count). The standard InChI is InChI=1S/C12H21NOS/c1-10-9-13(7-8-15-10)11-5-3-2-4-6-12(11)14/h10-11H,2-9H2,1H3. The molecule has 2 fully saturated rings. The number of nitrogens with zero attached hydrogens (tertiary/aromatic N) is 1. The van der Waals surface area contributed by atoms with Gasteiger partial charge in [-0.15, -0.1) is 0 Å². The molecular formula is C12H21NOS. The summed E-state index contributed by atoms with van der Waals surface area (Å²) in [5, 5.41) is 0.704. The van der Waals surface area contributed by atoms with Crippen molar-refractivity contribution >= 4 is 17.5 Å². The summed E-state index contributed by atoms with van der Waals surface area (Å²) < 4.78 is 0. The fourth-order valence-corrected chi connectivity index (χ4v) is 3.70. The second kappa shape index (κ2) is 5.35. The molecule has 0 aromatic carbocycles. The van der Waals surface area contributed by atoms with E-state index in [2.05, 4.69) is 11.8 Å². The summed E-state index contributed by atoms with van der Waals surface area (Å²) in [4.78, 5) is 14.4. The van der Waals surface area contributed by atoms with Gasteiger partial charge in [0.1, 0.15) is 5.78 Å². The van der Waals surface area contributed by atoms with Crippen LogP contribution in [0, 0.1) is 0 Å². The molecule has 15 heavy (non-hydrogen) atoms. The summed E-state index contributed by atoms with van der Waals surface area (Å²) in [5.74, 6) is 1.71. The molecule has 0 spiro atoms. The zero-order valence-corrected chi connectivity index (χ0v) is 10.4. The van der Waals surface area contributed by atoms with Crippen LogP contribution in [0.15, 0.2) is 0 Å². The van der Waals surface area contributed by atoms with Crippen LogP contribution in [0.5, 0.6) is 0 Å². The highest BCUT2D eigenvalue weighted by Gasteiger charge is 2.29. The first-order chi connectivity index (χ1) is 7.27. The van der Waals surface area contributed by atoms with Gasteiger partial charge in [0.15, 0.2) is 0 Å². The van der Waals surface area contributed by atoms with Gasteiger partial charge in [-0.2, -0.15) is 11.8 Å². The molecule has 1 saturated heterocycles. The maximum atomic E-state index is 12.0. The van der Waals surface area contributed by atoms with Crippen LogP contribution in [-0.4, -0.2) is 40.8 Å². The van der Waals surface area contributed by atoms with Crippen molar-refractivity contribution in [1.82, 2.24) is 4.90 Å². The molecule has 0 radical (unpaired) electrons. The van der Waals surface area contributed by atoms with E-state index in [1.54, 1.807) is 0 Å². The van der Waals surface area contributed by atoms with E-state index >= 15 is 0 Å². The van der Waals surface area contributed by atoms with Crippen LogP contribution in [0.1, 0.15) is 39.0 Å². The highest BCUT2D eigenvalue weighted by molar-refractivity contribution is 7.99. The Balaban J connectivity index is 1.97. The Kier molecular flexibility index (Phi) is 4.09. The quantitative estimate of drug-likeness (QED) is 0.641. The van der Waals surface area contributed by atoms with Gasteiger partial charge in [0.05, 0.1) is 6.04 Å². The first kappa shape index (κ1) is 11.5. The smallest absolute Gasteiger partial charge is 0.149 e. The van der Waals surface area contributed by atoms with E-state index in [4.69, 9.17) is 0 Å². The number of hydrogen-bond acceptors (Lipinski definition) is 3. The third-order valence-corrected chi connectivity index (χ3v) is 4.62. The molecule has 0 N–H and O–H groups in total. The predicted molar refractivity (Wildman–Crippen MR) is 65.4 cm³/mol. The van der Waals surface area contributed by atoms with Crippen LogP contribution in [0.25, 0.3) is 0 Å². The van der Waals surface area contributed by atoms with Crippen LogP contribution in [-0.2, 0) is 4.79 Å². The van der Waals surface area contributed by atoms with Crippen molar-refractivity contribution in [3.8, 4) is 0 Å². The summed E-state index contributed by atoms with van der Waals surface area (Å²) in [5.41, 5.74) is 0. The predicted octanol–water partition coefficient (Wildman–Crippen LogP) is 2.33. The molecule has 1 aliphatic carbocycles. The van der Waals surface area contributed by atoms with Crippen molar-refractivity contribution in [3.05, 3.63) is 0 Å². The van der Waals surface area contributed by atoms with E-state index in [0.717, 1.165) is 32.4 Å². The Labute approximate surface area is 96.8 Å². The molecule has 86 valence electrons. The molecule has 0 amide bonds. The average molecular weight is 227 g/mol. The molecular weight excluding hydrogens is 206 g/mol. The van der Waals surface area contributed by atoms with Gasteiger partial charge in [0.25, 0.3) is 0 Å². The summed E-state index contributed by atoms with van der Waals surface area (Å²) >= 11 is 2.04. The average Bonchev–Trinajstić information content (AvgIpc) is 2.43. The Morgan fingerprint density at radius 3 is 3.00 bits per heavy atom. The molecule has 0 aromatic heterocycles. The summed E-state index contributed by atoms with van der Waals surface area (Å²) in [6, 6.07) is 0.260. The molecule has 0 bridgehead atoms. The van der Waals surface area contributed by atoms with Gasteiger partial charge < -0.3 is 0 Å². The number of Topliss-reactive ketones (excluding diaryl/α,β-unsaturated/α-hetero) is 1. The van der Waals surface area contributed by atoms with Crippen LogP contribution < -0.4 is 0 Å². The Morgan fingerprint density at radius 2 is 2.20 bits per heavy atom. The van der Waals surface area contributed by atoms with E-state index in [9.17, 15) is 4.79 Å². The van der Waals surface area contributed by atoms with Crippen LogP contribution in [0.2, 0.25) is 0 Å². The van der Waals surface area contributed by atoms with E-state index in [-0.39, 0.29) is 6.04 Å². The first-order valence-electron chi connectivity index (χ1n) is 6.16. The zero-order chi connectivity index (χ0) is 10.7. The maximum absolute atomic E-state index is 12.0. The molecule has 2 aliphatic rings. The molecule has 1 aliphatic heterocycles. The first-order valence-corrected chi connectivity index (χ1v) is 7.20. The molecule has 2 nitrogen and oxygen atoms in total. The zero-order valence-electron chi connectivity index (χ0n) is 9.58. The minimum absolute atomic E-state index is 0.260. The molecule has 0 aromatic rings. The molecule has 2 atom stereocenters. The highest BCUT2D eigenvalue weighted by Crippen LogP contribution is 2.25. The summed E-state index contributed by atoms with van der Waals surface area (Å²) in [7, 11) is 0. The number of carbonyl (C=O) groups excluding carboxylic acids is 1. The second-order valence-corrected chi connectivity index (χ2v) is 6.30. The molecule has 1 heterocycles. The van der Waals surface area contributed by atoms with Crippen molar-refractivity contribution in [1.29, 1.82) is 0 Å². The van der Waals surface area contributed by atoms with Gasteiger partial charge in [0.2, 0.25) is 0 Å². The van der Waals surface area contributed by atoms with E-state index < -0.39 is 0 Å². The van der Waals surface area contributed by atoms with Crippen molar-refractivity contribution < 1.29 is 4.79 Å². The second-order valence-electron chi connectivity index (χ2n) is 4.76. The SMILES string of the molecule is CC1CN(C2CCCCCC2=O)CCS1. The molecule has 2 unspecified atom stereocenters. The molecule has 3 heteroatoms. The van der Waals surface area contributed by atoms with Crippen molar-refractivity contribution in [2.75, 3.05) is 18.8 Å². The fraction of sp³-hybridized carbons (Fsp3) is 0.917. The van der Waals surface area contributed by atoms with Gasteiger partial charge in [-0.3, -0.25) is 9.69 Å². The largest absolute Gasteiger partial charge is 0.298 e. The maximum Gasteiger partial charge on any atom is 0.149 e. The molecule has 1 saturated carbocycles. The highest BCUT2D eigenvalue weighted by atomic mass is 32.2. The summed E-state index contributed by atoms with van der Waals surface area (Å²) in [6.07, 6.45) is 5.54. The number of hydrogen-bond donors (Lipinski definition) is 0. The van der Waals surface area contributed by atoms with Gasteiger partial charge in [-0.05, 0) is 12.8 Å². The van der Waals surface area contributed by atoms with Gasteiger partial charge in [-0.1, -0.05) is 19.8 Å². The Bertz CT molecular complexity index is 232. The minimum atomic E-state index is 0.260. The number of thioether (sulfide) groups is 1. The lowest BCUT2D eigenvalue weighted by molar-refractivity contribution is -0.124. The fourth-order valence-electron chi connectivity index (χ4n) is 2.66. The number of rotatable bonds is 1. The Morgan fingerprint density at radius 1 is 1.33 bits per heavy atom. The van der Waals surface area contributed by atoms with Crippen molar-refractivity contribution in [2.45, 2.75) is 50.3 Å². The number of ketones is 1. The Hall–Kier alpha value is -0.0200. The van der Waals surface area contributed by atoms with E-state index in [1.165, 1.54) is 18.6 Å². The van der Waals surface area contributed by atoms with Gasteiger partial charge in [-0.25, -0.2) is 0 Å². The van der Waals surface area contributed by atoms with Gasteiger partial charge in [0, 0.05) is 30.5 Å². The minimum Gasteiger partial charge on any atom is -0.298 e. The lowest BCUT2D eigenvalue weighted by Gasteiger charge is -2.35. The van der Waals surface area contributed by atoms with Gasteiger partial charge >= 0.3 is 0 Å². The lowest BCUT2D eigenvalue weighted by Crippen LogP contribution is -2.47. The van der Waals surface area contributed by atoms with Crippen LogP contribution in [0.4, 0.5) is 0 Å². The third-order valence-electron chi connectivity index (χ3n) is 3.49. The van der Waals surface area contributed by atoms with E-state index in [0.29, 0.717) is 11.0 Å². The number of carbonyl (C=O) groups is 1. The lowest BCUT2D eigenvalue weighted by atomic mass is 10.1. The van der Waals surface area contributed by atoms with Crippen molar-refractivity contribution in [3.63, 3.8) is 0 Å². The van der Waals surface area contributed by atoms with Crippen LogP contribution >= 0.6 is 11.8 Å². The van der Waals surface area contributed by atoms with Crippen molar-refractivity contribution in [2.24, 2.45) is 0 Å². The topological polar surface area (TPSA) is 20.3 Å². The third kappa shape index (κ3) is 2.97. The summed E-state index contributed by atoms with van der Waals surface area (Å²) in [6.45, 7) is 4.50. The monoisotopic (exact) mass is 227 g/mol. The van der Waals surface area contributed by atoms with Crippen LogP contribution in [0.3, 0.4) is 0 Å². The normalized spacial score (nSPS) is 35.1. The van der Waals surface area contributed by atoms with E-state index in [1.807, 2.05) is 11.8 Å².